The van der Waals surface area contributed by atoms with Crippen LogP contribution in [0.5, 0.6) is 0 Å². The summed E-state index contributed by atoms with van der Waals surface area (Å²) >= 11 is 6.53. The molecule has 2 amide bonds. The molecule has 0 bridgehead atoms. The second kappa shape index (κ2) is 8.84. The second-order valence-corrected chi connectivity index (χ2v) is 8.97. The number of benzene rings is 3. The van der Waals surface area contributed by atoms with E-state index in [9.17, 15) is 9.59 Å². The first-order valence-electron chi connectivity index (χ1n) is 11.1. The Balaban J connectivity index is 1.43. The van der Waals surface area contributed by atoms with Gasteiger partial charge in [0.25, 0.3) is 11.8 Å². The van der Waals surface area contributed by atoms with Gasteiger partial charge in [-0.25, -0.2) is 0 Å². The summed E-state index contributed by atoms with van der Waals surface area (Å²) in [7, 11) is 0. The van der Waals surface area contributed by atoms with Gasteiger partial charge in [-0.05, 0) is 66.9 Å². The minimum absolute atomic E-state index is 0.142. The molecule has 1 aliphatic rings. The normalized spacial score (nSPS) is 12.5. The Bertz CT molecular complexity index is 1400. The molecule has 5 nitrogen and oxygen atoms in total. The number of aryl methyl sites for hydroxylation is 2. The van der Waals surface area contributed by atoms with Crippen LogP contribution < -0.4 is 10.2 Å². The summed E-state index contributed by atoms with van der Waals surface area (Å²) in [5, 5.41) is 3.21. The van der Waals surface area contributed by atoms with Crippen LogP contribution in [0.3, 0.4) is 0 Å². The molecule has 0 fully saturated rings. The summed E-state index contributed by atoms with van der Waals surface area (Å²) in [5.41, 5.74) is 6.38. The third-order valence-electron chi connectivity index (χ3n) is 6.28. The Morgan fingerprint density at radius 1 is 0.882 bits per heavy atom. The average molecular weight is 470 g/mol. The van der Waals surface area contributed by atoms with Crippen LogP contribution >= 0.6 is 11.6 Å². The van der Waals surface area contributed by atoms with Crippen LogP contribution in [0, 0.1) is 13.8 Å². The van der Waals surface area contributed by atoms with E-state index in [-0.39, 0.29) is 11.8 Å². The Labute approximate surface area is 203 Å². The number of carbonyl (C=O) groups excluding carboxylic acids is 2. The molecule has 1 N–H and O–H groups in total. The average Bonchev–Trinajstić information content (AvgIpc) is 3.19. The number of rotatable bonds is 3. The van der Waals surface area contributed by atoms with Crippen molar-refractivity contribution in [2.75, 3.05) is 10.2 Å². The highest BCUT2D eigenvalue weighted by Gasteiger charge is 2.25. The van der Waals surface area contributed by atoms with Gasteiger partial charge in [0, 0.05) is 35.2 Å². The van der Waals surface area contributed by atoms with Crippen molar-refractivity contribution in [3.05, 3.63) is 118 Å². The molecule has 0 spiro atoms. The van der Waals surface area contributed by atoms with E-state index in [1.54, 1.807) is 23.1 Å². The molecule has 2 heterocycles. The molecule has 6 heteroatoms. The van der Waals surface area contributed by atoms with E-state index in [1.165, 1.54) is 0 Å². The Kier molecular flexibility index (Phi) is 5.72. The maximum atomic E-state index is 13.6. The summed E-state index contributed by atoms with van der Waals surface area (Å²) in [6.07, 6.45) is 2.03. The van der Waals surface area contributed by atoms with E-state index in [0.29, 0.717) is 34.9 Å². The monoisotopic (exact) mass is 469 g/mol. The molecular weight excluding hydrogens is 446 g/mol. The minimum atomic E-state index is -0.223. The van der Waals surface area contributed by atoms with Gasteiger partial charge in [0.15, 0.2) is 0 Å². The van der Waals surface area contributed by atoms with Crippen molar-refractivity contribution in [2.45, 2.75) is 26.9 Å². The number of hydrogen-bond acceptors (Lipinski definition) is 2. The SMILES string of the molecule is Cc1cccc(C)c1C(=O)Nc1ccc(C(=O)N2Cc3cccn3Cc3ccccc32)cc1Cl. The van der Waals surface area contributed by atoms with Gasteiger partial charge in [-0.3, -0.25) is 9.59 Å². The third-order valence-corrected chi connectivity index (χ3v) is 6.60. The molecule has 34 heavy (non-hydrogen) atoms. The fraction of sp³-hybridized carbons (Fsp3) is 0.143. The molecule has 3 aromatic carbocycles. The number of nitrogens with one attached hydrogen (secondary N) is 1. The van der Waals surface area contributed by atoms with E-state index in [0.717, 1.165) is 28.1 Å². The lowest BCUT2D eigenvalue weighted by Gasteiger charge is -2.23. The number of amides is 2. The highest BCUT2D eigenvalue weighted by molar-refractivity contribution is 6.34. The third kappa shape index (κ3) is 3.99. The molecule has 1 aromatic heterocycles. The van der Waals surface area contributed by atoms with E-state index < -0.39 is 0 Å². The highest BCUT2D eigenvalue weighted by Crippen LogP contribution is 2.31. The number of anilines is 2. The van der Waals surface area contributed by atoms with Gasteiger partial charge in [-0.2, -0.15) is 0 Å². The van der Waals surface area contributed by atoms with Crippen LogP contribution in [0.1, 0.15) is 43.1 Å². The predicted molar refractivity (Wildman–Crippen MR) is 136 cm³/mol. The number of para-hydroxylation sites is 1. The predicted octanol–water partition coefficient (Wildman–Crippen LogP) is 6.22. The summed E-state index contributed by atoms with van der Waals surface area (Å²) in [6, 6.07) is 22.7. The van der Waals surface area contributed by atoms with Gasteiger partial charge in [0.05, 0.1) is 17.3 Å². The Morgan fingerprint density at radius 2 is 1.65 bits per heavy atom. The summed E-state index contributed by atoms with van der Waals surface area (Å²) in [6.45, 7) is 4.99. The van der Waals surface area contributed by atoms with Crippen molar-refractivity contribution >= 4 is 34.8 Å². The zero-order valence-corrected chi connectivity index (χ0v) is 19.8. The molecule has 4 aromatic rings. The van der Waals surface area contributed by atoms with Crippen LogP contribution in [0.25, 0.3) is 0 Å². The molecule has 1 aliphatic heterocycles. The first-order valence-corrected chi connectivity index (χ1v) is 11.5. The zero-order valence-electron chi connectivity index (χ0n) is 19.0. The van der Waals surface area contributed by atoms with E-state index in [4.69, 9.17) is 11.6 Å². The lowest BCUT2D eigenvalue weighted by atomic mass is 10.0. The first kappa shape index (κ1) is 22.0. The van der Waals surface area contributed by atoms with Gasteiger partial charge in [0.1, 0.15) is 0 Å². The lowest BCUT2D eigenvalue weighted by Crippen LogP contribution is -2.30. The Morgan fingerprint density at radius 3 is 2.41 bits per heavy atom. The molecule has 0 saturated heterocycles. The van der Waals surface area contributed by atoms with Crippen molar-refractivity contribution < 1.29 is 9.59 Å². The van der Waals surface area contributed by atoms with Crippen molar-refractivity contribution in [1.29, 1.82) is 0 Å². The number of halogens is 1. The topological polar surface area (TPSA) is 54.3 Å². The standard InChI is InChI=1S/C28H24ClN3O2/c1-18-7-5-8-19(2)26(18)27(33)30-24-13-12-20(15-23(24)29)28(34)32-17-22-10-6-14-31(22)16-21-9-3-4-11-25(21)32/h3-15H,16-17H2,1-2H3,(H,30,33). The second-order valence-electron chi connectivity index (χ2n) is 8.56. The summed E-state index contributed by atoms with van der Waals surface area (Å²) in [4.78, 5) is 28.3. The van der Waals surface area contributed by atoms with Crippen molar-refractivity contribution in [1.82, 2.24) is 4.57 Å². The van der Waals surface area contributed by atoms with E-state index in [1.807, 2.05) is 74.6 Å². The largest absolute Gasteiger partial charge is 0.345 e. The van der Waals surface area contributed by atoms with Crippen LogP contribution in [-0.4, -0.2) is 16.4 Å². The fourth-order valence-electron chi connectivity index (χ4n) is 4.53. The smallest absolute Gasteiger partial charge is 0.258 e. The van der Waals surface area contributed by atoms with Gasteiger partial charge in [-0.1, -0.05) is 48.0 Å². The van der Waals surface area contributed by atoms with Crippen molar-refractivity contribution in [2.24, 2.45) is 0 Å². The number of fused-ring (bicyclic) bond motifs is 2. The van der Waals surface area contributed by atoms with Gasteiger partial charge >= 0.3 is 0 Å². The van der Waals surface area contributed by atoms with Crippen molar-refractivity contribution in [3.63, 3.8) is 0 Å². The molecule has 0 saturated carbocycles. The van der Waals surface area contributed by atoms with Crippen LogP contribution in [-0.2, 0) is 13.1 Å². The number of hydrogen-bond donors (Lipinski definition) is 1. The molecular formula is C28H24ClN3O2. The van der Waals surface area contributed by atoms with E-state index in [2.05, 4.69) is 9.88 Å². The van der Waals surface area contributed by atoms with E-state index >= 15 is 0 Å². The number of aromatic nitrogens is 1. The molecule has 170 valence electrons. The van der Waals surface area contributed by atoms with Crippen LogP contribution in [0.4, 0.5) is 11.4 Å². The summed E-state index contributed by atoms with van der Waals surface area (Å²) < 4.78 is 2.16. The Hall–Kier alpha value is -3.83. The van der Waals surface area contributed by atoms with Crippen molar-refractivity contribution in [3.8, 4) is 0 Å². The molecule has 0 atom stereocenters. The minimum Gasteiger partial charge on any atom is -0.345 e. The maximum Gasteiger partial charge on any atom is 0.258 e. The first-order chi connectivity index (χ1) is 16.4. The number of carbonyl (C=O) groups is 2. The quantitative estimate of drug-likeness (QED) is 0.387. The highest BCUT2D eigenvalue weighted by atomic mass is 35.5. The number of nitrogens with zero attached hydrogens (tertiary/aromatic N) is 2. The molecule has 5 rings (SSSR count). The molecule has 0 aliphatic carbocycles. The lowest BCUT2D eigenvalue weighted by molar-refractivity contribution is 0.0983. The molecule has 0 radical (unpaired) electrons. The van der Waals surface area contributed by atoms with Gasteiger partial charge in [0.2, 0.25) is 0 Å². The maximum absolute atomic E-state index is 13.6. The van der Waals surface area contributed by atoms with Crippen LogP contribution in [0.15, 0.2) is 79.0 Å². The van der Waals surface area contributed by atoms with Crippen LogP contribution in [0.2, 0.25) is 5.02 Å². The summed E-state index contributed by atoms with van der Waals surface area (Å²) in [5.74, 6) is -0.365. The fourth-order valence-corrected chi connectivity index (χ4v) is 4.76. The van der Waals surface area contributed by atoms with Gasteiger partial charge < -0.3 is 14.8 Å². The molecule has 0 unspecified atom stereocenters. The zero-order chi connectivity index (χ0) is 23.8. The van der Waals surface area contributed by atoms with Gasteiger partial charge in [-0.15, -0.1) is 0 Å².